The summed E-state index contributed by atoms with van der Waals surface area (Å²) >= 11 is 1.29. The lowest BCUT2D eigenvalue weighted by molar-refractivity contribution is 0.0938. The molecule has 0 bridgehead atoms. The van der Waals surface area contributed by atoms with Crippen molar-refractivity contribution in [1.29, 1.82) is 0 Å². The van der Waals surface area contributed by atoms with Crippen LogP contribution in [0.4, 0.5) is 15.9 Å². The van der Waals surface area contributed by atoms with Gasteiger partial charge in [-0.3, -0.25) is 4.79 Å². The van der Waals surface area contributed by atoms with E-state index in [1.165, 1.54) is 17.4 Å². The van der Waals surface area contributed by atoms with Crippen molar-refractivity contribution in [2.45, 2.75) is 44.7 Å². The van der Waals surface area contributed by atoms with E-state index in [-0.39, 0.29) is 29.2 Å². The number of fused-ring (bicyclic) bond motifs is 2. The summed E-state index contributed by atoms with van der Waals surface area (Å²) in [5.41, 5.74) is 15.3. The maximum absolute atomic E-state index is 15.3. The molecule has 0 aromatic carbocycles. The molecule has 2 saturated heterocycles. The number of carbonyl (C=O) groups is 1. The Hall–Kier alpha value is -2.82. The predicted molar refractivity (Wildman–Crippen MR) is 134 cm³/mol. The highest BCUT2D eigenvalue weighted by Crippen LogP contribution is 2.40. The minimum atomic E-state index is -0.276. The number of carbonyl (C=O) groups excluding carboxylic acids is 1. The van der Waals surface area contributed by atoms with Gasteiger partial charge in [0.2, 0.25) is 0 Å². The Labute approximate surface area is 206 Å². The Morgan fingerprint density at radius 1 is 1.37 bits per heavy atom. The van der Waals surface area contributed by atoms with Gasteiger partial charge in [0.25, 0.3) is 5.91 Å². The summed E-state index contributed by atoms with van der Waals surface area (Å²) in [4.78, 5) is 25.6. The minimum Gasteiger partial charge on any atom is -0.397 e. The summed E-state index contributed by atoms with van der Waals surface area (Å²) < 4.78 is 20.9. The number of nitrogens with two attached hydrogens (primary N) is 2. The van der Waals surface area contributed by atoms with Gasteiger partial charge in [-0.1, -0.05) is 0 Å². The number of hydrogen-bond acceptors (Lipinski definition) is 8. The number of amides is 1. The van der Waals surface area contributed by atoms with Gasteiger partial charge < -0.3 is 26.4 Å². The van der Waals surface area contributed by atoms with E-state index in [2.05, 4.69) is 15.2 Å². The van der Waals surface area contributed by atoms with Gasteiger partial charge >= 0.3 is 0 Å². The highest BCUT2D eigenvalue weighted by atomic mass is 32.1. The van der Waals surface area contributed by atoms with Crippen LogP contribution in [0.25, 0.3) is 10.2 Å². The third-order valence-electron chi connectivity index (χ3n) is 7.76. The van der Waals surface area contributed by atoms with Crippen LogP contribution in [0.1, 0.15) is 39.5 Å². The molecule has 3 aromatic rings. The highest BCUT2D eigenvalue weighted by Gasteiger charge is 2.48. The molecule has 3 atom stereocenters. The fraction of sp³-hybridized carbons (Fsp3) is 0.480. The van der Waals surface area contributed by atoms with Crippen LogP contribution in [0, 0.1) is 18.2 Å². The summed E-state index contributed by atoms with van der Waals surface area (Å²) in [6, 6.07) is 5.10. The second-order valence-corrected chi connectivity index (χ2v) is 11.1. The molecule has 5 N–H and O–H groups in total. The molecule has 1 spiro atoms. The molecule has 3 aromatic heterocycles. The van der Waals surface area contributed by atoms with Crippen LogP contribution in [0.2, 0.25) is 0 Å². The molecule has 3 aliphatic rings. The van der Waals surface area contributed by atoms with Crippen molar-refractivity contribution in [3.8, 4) is 0 Å². The molecule has 2 fully saturated rings. The average molecular weight is 497 g/mol. The zero-order valence-electron chi connectivity index (χ0n) is 19.6. The van der Waals surface area contributed by atoms with Crippen LogP contribution in [0.3, 0.4) is 0 Å². The van der Waals surface area contributed by atoms with E-state index >= 15 is 4.39 Å². The van der Waals surface area contributed by atoms with Crippen molar-refractivity contribution >= 4 is 39.0 Å². The number of thiophene rings is 1. The lowest BCUT2D eigenvalue weighted by Crippen LogP contribution is -2.40. The van der Waals surface area contributed by atoms with Crippen LogP contribution in [0.15, 0.2) is 18.2 Å². The van der Waals surface area contributed by atoms with E-state index in [0.29, 0.717) is 54.4 Å². The molecule has 1 aliphatic carbocycles. The third kappa shape index (κ3) is 3.84. The molecule has 0 saturated carbocycles. The molecule has 3 unspecified atom stereocenters. The van der Waals surface area contributed by atoms with Gasteiger partial charge in [0, 0.05) is 65.6 Å². The standard InChI is InChI=1S/C25H29FN6O2S/c1-13-2-4-15-21(28)22(35-24(15)29-13)23(33)30-14-3-5-18-16(8-14)17(26)9-20(31-18)32-10-19(27)25(11-32)6-7-34-12-25/h2,4,9,14,19H,3,5-8,10-12,27-28H2,1H3,(H,30,33). The maximum Gasteiger partial charge on any atom is 0.263 e. The molecule has 6 rings (SSSR count). The molecule has 184 valence electrons. The second kappa shape index (κ2) is 8.39. The number of nitrogen functional groups attached to an aromatic ring is 1. The number of ether oxygens (including phenoxy) is 1. The van der Waals surface area contributed by atoms with Gasteiger partial charge in [0.05, 0.1) is 12.3 Å². The van der Waals surface area contributed by atoms with Crippen LogP contribution in [0.5, 0.6) is 0 Å². The fourth-order valence-electron chi connectivity index (χ4n) is 5.66. The maximum atomic E-state index is 15.3. The number of aromatic nitrogens is 2. The van der Waals surface area contributed by atoms with E-state index in [0.717, 1.165) is 41.2 Å². The summed E-state index contributed by atoms with van der Waals surface area (Å²) in [6.07, 6.45) is 2.62. The van der Waals surface area contributed by atoms with Gasteiger partial charge in [-0.05, 0) is 44.7 Å². The third-order valence-corrected chi connectivity index (χ3v) is 8.88. The quantitative estimate of drug-likeness (QED) is 0.510. The van der Waals surface area contributed by atoms with Crippen molar-refractivity contribution < 1.29 is 13.9 Å². The Kier molecular flexibility index (Phi) is 5.43. The van der Waals surface area contributed by atoms with E-state index in [4.69, 9.17) is 21.2 Å². The first-order valence-corrected chi connectivity index (χ1v) is 12.9. The lowest BCUT2D eigenvalue weighted by Gasteiger charge is -2.28. The largest absolute Gasteiger partial charge is 0.397 e. The SMILES string of the molecule is Cc1ccc2c(N)c(C(=O)NC3CCc4nc(N5CC(N)C6(CCOC6)C5)cc(F)c4C3)sc2n1. The topological polar surface area (TPSA) is 119 Å². The minimum absolute atomic E-state index is 0.00839. The lowest BCUT2D eigenvalue weighted by atomic mass is 9.83. The molecule has 5 heterocycles. The molecule has 10 heteroatoms. The molecule has 2 aliphatic heterocycles. The van der Waals surface area contributed by atoms with Crippen LogP contribution >= 0.6 is 11.3 Å². The molecular weight excluding hydrogens is 467 g/mol. The first kappa shape index (κ1) is 22.6. The Bertz CT molecular complexity index is 1320. The summed E-state index contributed by atoms with van der Waals surface area (Å²) in [5.74, 6) is 0.128. The zero-order chi connectivity index (χ0) is 24.3. The van der Waals surface area contributed by atoms with Crippen molar-refractivity contribution in [2.75, 3.05) is 36.9 Å². The van der Waals surface area contributed by atoms with Crippen LogP contribution in [-0.2, 0) is 17.6 Å². The van der Waals surface area contributed by atoms with Crippen molar-refractivity contribution in [3.05, 3.63) is 45.8 Å². The van der Waals surface area contributed by atoms with E-state index in [9.17, 15) is 4.79 Å². The highest BCUT2D eigenvalue weighted by molar-refractivity contribution is 7.21. The summed E-state index contributed by atoms with van der Waals surface area (Å²) in [5, 5.41) is 3.84. The summed E-state index contributed by atoms with van der Waals surface area (Å²) in [7, 11) is 0. The first-order chi connectivity index (χ1) is 16.8. The van der Waals surface area contributed by atoms with E-state index in [1.54, 1.807) is 0 Å². The van der Waals surface area contributed by atoms with Gasteiger partial charge in [0.15, 0.2) is 0 Å². The average Bonchev–Trinajstić information content (AvgIpc) is 3.53. The van der Waals surface area contributed by atoms with E-state index in [1.807, 2.05) is 19.1 Å². The Morgan fingerprint density at radius 2 is 2.23 bits per heavy atom. The number of anilines is 2. The normalized spacial score (nSPS) is 26.0. The number of halogens is 1. The molecule has 35 heavy (non-hydrogen) atoms. The number of hydrogen-bond donors (Lipinski definition) is 3. The Morgan fingerprint density at radius 3 is 3.03 bits per heavy atom. The van der Waals surface area contributed by atoms with Crippen molar-refractivity contribution in [3.63, 3.8) is 0 Å². The number of nitrogens with one attached hydrogen (secondary N) is 1. The predicted octanol–water partition coefficient (Wildman–Crippen LogP) is 2.56. The summed E-state index contributed by atoms with van der Waals surface area (Å²) in [6.45, 7) is 4.67. The number of pyridine rings is 2. The molecule has 0 radical (unpaired) electrons. The van der Waals surface area contributed by atoms with Gasteiger partial charge in [0.1, 0.15) is 21.3 Å². The monoisotopic (exact) mass is 496 g/mol. The van der Waals surface area contributed by atoms with Gasteiger partial charge in [-0.2, -0.15) is 0 Å². The molecule has 1 amide bonds. The Balaban J connectivity index is 1.18. The van der Waals surface area contributed by atoms with Crippen molar-refractivity contribution in [1.82, 2.24) is 15.3 Å². The van der Waals surface area contributed by atoms with Crippen LogP contribution < -0.4 is 21.7 Å². The van der Waals surface area contributed by atoms with Crippen molar-refractivity contribution in [2.24, 2.45) is 11.1 Å². The molecule has 8 nitrogen and oxygen atoms in total. The number of nitrogens with zero attached hydrogens (tertiary/aromatic N) is 3. The molecular formula is C25H29FN6O2S. The van der Waals surface area contributed by atoms with E-state index < -0.39 is 0 Å². The fourth-order valence-corrected chi connectivity index (χ4v) is 6.70. The van der Waals surface area contributed by atoms with Crippen LogP contribution in [-0.4, -0.2) is 54.3 Å². The number of aryl methyl sites for hydroxylation is 2. The first-order valence-electron chi connectivity index (χ1n) is 12.1. The number of rotatable bonds is 3. The zero-order valence-corrected chi connectivity index (χ0v) is 20.5. The second-order valence-electron chi connectivity index (χ2n) is 10.1. The smallest absolute Gasteiger partial charge is 0.263 e. The van der Waals surface area contributed by atoms with Gasteiger partial charge in [-0.25, -0.2) is 14.4 Å². The van der Waals surface area contributed by atoms with Gasteiger partial charge in [-0.15, -0.1) is 11.3 Å².